The molecule has 7 heteroatoms. The van der Waals surface area contributed by atoms with Crippen LogP contribution >= 0.6 is 0 Å². The molecular weight excluding hydrogens is 420 g/mol. The van der Waals surface area contributed by atoms with Gasteiger partial charge in [0, 0.05) is 0 Å². The Hall–Kier alpha value is -4.39. The SMILES string of the molecule is COc1ccc(/C=C/c2nc3ccccc3c(=O)n2CC(=O)O)cc1OCc1ccccc1. The number of hydrogen-bond acceptors (Lipinski definition) is 5. The average molecular weight is 442 g/mol. The van der Waals surface area contributed by atoms with Gasteiger partial charge in [0.05, 0.1) is 18.0 Å². The summed E-state index contributed by atoms with van der Waals surface area (Å²) in [5.74, 6) is 0.293. The van der Waals surface area contributed by atoms with Gasteiger partial charge in [-0.3, -0.25) is 14.2 Å². The minimum Gasteiger partial charge on any atom is -0.493 e. The minimum absolute atomic E-state index is 0.253. The number of carboxylic acids is 1. The molecule has 0 saturated carbocycles. The summed E-state index contributed by atoms with van der Waals surface area (Å²) in [5, 5.41) is 9.65. The number of hydrogen-bond donors (Lipinski definition) is 1. The van der Waals surface area contributed by atoms with Crippen LogP contribution in [0.3, 0.4) is 0 Å². The Kier molecular flexibility index (Phi) is 6.50. The quantitative estimate of drug-likeness (QED) is 0.439. The number of aliphatic carboxylic acids is 1. The lowest BCUT2D eigenvalue weighted by atomic mass is 10.1. The van der Waals surface area contributed by atoms with Gasteiger partial charge in [-0.1, -0.05) is 54.6 Å². The van der Waals surface area contributed by atoms with Gasteiger partial charge < -0.3 is 14.6 Å². The summed E-state index contributed by atoms with van der Waals surface area (Å²) < 4.78 is 12.5. The highest BCUT2D eigenvalue weighted by atomic mass is 16.5. The molecule has 0 atom stereocenters. The Morgan fingerprint density at radius 3 is 2.52 bits per heavy atom. The zero-order valence-corrected chi connectivity index (χ0v) is 18.0. The highest BCUT2D eigenvalue weighted by Crippen LogP contribution is 2.29. The lowest BCUT2D eigenvalue weighted by Crippen LogP contribution is -2.27. The van der Waals surface area contributed by atoms with Gasteiger partial charge in [-0.15, -0.1) is 0 Å². The smallest absolute Gasteiger partial charge is 0.323 e. The fourth-order valence-corrected chi connectivity index (χ4v) is 3.42. The minimum atomic E-state index is -1.12. The number of benzene rings is 3. The van der Waals surface area contributed by atoms with Crippen LogP contribution in [0.25, 0.3) is 23.1 Å². The Morgan fingerprint density at radius 2 is 1.76 bits per heavy atom. The van der Waals surface area contributed by atoms with Crippen molar-refractivity contribution >= 4 is 29.0 Å². The van der Waals surface area contributed by atoms with Gasteiger partial charge >= 0.3 is 5.97 Å². The highest BCUT2D eigenvalue weighted by molar-refractivity contribution is 5.80. The number of rotatable bonds is 8. The van der Waals surface area contributed by atoms with Crippen molar-refractivity contribution < 1.29 is 19.4 Å². The van der Waals surface area contributed by atoms with Crippen molar-refractivity contribution in [3.8, 4) is 11.5 Å². The van der Waals surface area contributed by atoms with Crippen LogP contribution in [0, 0.1) is 0 Å². The molecule has 0 bridgehead atoms. The second-order valence-electron chi connectivity index (χ2n) is 7.29. The van der Waals surface area contributed by atoms with E-state index in [1.54, 1.807) is 49.6 Å². The lowest BCUT2D eigenvalue weighted by molar-refractivity contribution is -0.137. The van der Waals surface area contributed by atoms with E-state index in [4.69, 9.17) is 9.47 Å². The zero-order valence-electron chi connectivity index (χ0n) is 18.0. The molecule has 1 aromatic heterocycles. The number of nitrogens with zero attached hydrogens (tertiary/aromatic N) is 2. The molecule has 1 N–H and O–H groups in total. The summed E-state index contributed by atoms with van der Waals surface area (Å²) in [4.78, 5) is 28.7. The van der Waals surface area contributed by atoms with Gasteiger partial charge in [-0.2, -0.15) is 0 Å². The van der Waals surface area contributed by atoms with Gasteiger partial charge in [0.15, 0.2) is 11.5 Å². The molecule has 0 aliphatic heterocycles. The maximum absolute atomic E-state index is 12.8. The number of aromatic nitrogens is 2. The number of carbonyl (C=O) groups is 1. The van der Waals surface area contributed by atoms with E-state index >= 15 is 0 Å². The largest absolute Gasteiger partial charge is 0.493 e. The number of methoxy groups -OCH3 is 1. The molecule has 4 rings (SSSR count). The molecule has 166 valence electrons. The first-order valence-corrected chi connectivity index (χ1v) is 10.3. The van der Waals surface area contributed by atoms with E-state index in [-0.39, 0.29) is 5.82 Å². The fourth-order valence-electron chi connectivity index (χ4n) is 3.42. The molecular formula is C26H22N2O5. The van der Waals surface area contributed by atoms with Gasteiger partial charge in [0.2, 0.25) is 0 Å². The van der Waals surface area contributed by atoms with Crippen molar-refractivity contribution in [1.82, 2.24) is 9.55 Å². The predicted molar refractivity (Wildman–Crippen MR) is 126 cm³/mol. The van der Waals surface area contributed by atoms with Crippen molar-refractivity contribution in [2.75, 3.05) is 7.11 Å². The number of para-hydroxylation sites is 1. The van der Waals surface area contributed by atoms with Gasteiger partial charge in [-0.25, -0.2) is 4.98 Å². The van der Waals surface area contributed by atoms with E-state index in [0.29, 0.717) is 29.0 Å². The number of carboxylic acid groups (broad SMARTS) is 1. The van der Waals surface area contributed by atoms with Gasteiger partial charge in [0.25, 0.3) is 5.56 Å². The first-order chi connectivity index (χ1) is 16.0. The molecule has 0 saturated heterocycles. The van der Waals surface area contributed by atoms with Crippen LogP contribution in [0.5, 0.6) is 11.5 Å². The van der Waals surface area contributed by atoms with Gasteiger partial charge in [0.1, 0.15) is 19.0 Å². The van der Waals surface area contributed by atoms with Crippen molar-refractivity contribution in [2.24, 2.45) is 0 Å². The third kappa shape index (κ3) is 5.10. The van der Waals surface area contributed by atoms with E-state index in [9.17, 15) is 14.7 Å². The van der Waals surface area contributed by atoms with Crippen molar-refractivity contribution in [2.45, 2.75) is 13.2 Å². The second kappa shape index (κ2) is 9.82. The Morgan fingerprint density at radius 1 is 1.00 bits per heavy atom. The van der Waals surface area contributed by atoms with E-state index in [1.165, 1.54) is 0 Å². The first-order valence-electron chi connectivity index (χ1n) is 10.3. The molecule has 0 aliphatic rings. The number of ether oxygens (including phenoxy) is 2. The summed E-state index contributed by atoms with van der Waals surface area (Å²) in [6.45, 7) is -0.0981. The normalized spacial score (nSPS) is 11.1. The standard InChI is InChI=1S/C26H22N2O5/c1-32-22-13-11-18(15-23(22)33-17-19-7-3-2-4-8-19)12-14-24-27-21-10-6-5-9-20(21)26(31)28(24)16-25(29)30/h2-15H,16-17H2,1H3,(H,29,30)/b14-12+. The van der Waals surface area contributed by atoms with E-state index in [0.717, 1.165) is 15.7 Å². The Labute approximate surface area is 190 Å². The lowest BCUT2D eigenvalue weighted by Gasteiger charge is -2.12. The first kappa shape index (κ1) is 21.8. The maximum atomic E-state index is 12.8. The molecule has 4 aromatic rings. The van der Waals surface area contributed by atoms with Crippen molar-refractivity contribution in [3.05, 3.63) is 100 Å². The Bertz CT molecular complexity index is 1380. The van der Waals surface area contributed by atoms with Crippen molar-refractivity contribution in [1.29, 1.82) is 0 Å². The molecule has 0 fully saturated rings. The van der Waals surface area contributed by atoms with Crippen LogP contribution in [-0.4, -0.2) is 27.7 Å². The topological polar surface area (TPSA) is 90.7 Å². The molecule has 0 spiro atoms. The summed E-state index contributed by atoms with van der Waals surface area (Å²) in [5.41, 5.74) is 1.91. The second-order valence-corrected chi connectivity index (χ2v) is 7.29. The molecule has 0 radical (unpaired) electrons. The van der Waals surface area contributed by atoms with Crippen LogP contribution < -0.4 is 15.0 Å². The van der Waals surface area contributed by atoms with Crippen LogP contribution in [-0.2, 0) is 17.9 Å². The molecule has 33 heavy (non-hydrogen) atoms. The molecule has 0 unspecified atom stereocenters. The van der Waals surface area contributed by atoms with Crippen LogP contribution in [0.4, 0.5) is 0 Å². The average Bonchev–Trinajstić information content (AvgIpc) is 2.84. The Balaban J connectivity index is 1.67. The molecule has 7 nitrogen and oxygen atoms in total. The third-order valence-electron chi connectivity index (χ3n) is 5.03. The van der Waals surface area contributed by atoms with Crippen LogP contribution in [0.1, 0.15) is 17.0 Å². The molecule has 0 aliphatic carbocycles. The fraction of sp³-hybridized carbons (Fsp3) is 0.115. The van der Waals surface area contributed by atoms with Crippen LogP contribution in [0.15, 0.2) is 77.6 Å². The van der Waals surface area contributed by atoms with E-state index < -0.39 is 18.1 Å². The molecule has 0 amide bonds. The maximum Gasteiger partial charge on any atom is 0.323 e. The van der Waals surface area contributed by atoms with Crippen LogP contribution in [0.2, 0.25) is 0 Å². The van der Waals surface area contributed by atoms with Crippen molar-refractivity contribution in [3.63, 3.8) is 0 Å². The summed E-state index contributed by atoms with van der Waals surface area (Å²) >= 11 is 0. The molecule has 1 heterocycles. The summed E-state index contributed by atoms with van der Waals surface area (Å²) in [6, 6.07) is 22.1. The molecule has 3 aromatic carbocycles. The zero-order chi connectivity index (χ0) is 23.2. The monoisotopic (exact) mass is 442 g/mol. The number of fused-ring (bicyclic) bond motifs is 1. The van der Waals surface area contributed by atoms with Gasteiger partial charge in [-0.05, 0) is 41.5 Å². The van der Waals surface area contributed by atoms with E-state index in [1.807, 2.05) is 42.5 Å². The highest BCUT2D eigenvalue weighted by Gasteiger charge is 2.12. The van der Waals surface area contributed by atoms with E-state index in [2.05, 4.69) is 4.98 Å². The summed E-state index contributed by atoms with van der Waals surface area (Å²) in [6.07, 6.45) is 3.38. The third-order valence-corrected chi connectivity index (χ3v) is 5.03. The summed E-state index contributed by atoms with van der Waals surface area (Å²) in [7, 11) is 1.57. The predicted octanol–water partition coefficient (Wildman–Crippen LogP) is 4.24.